The highest BCUT2D eigenvalue weighted by Gasteiger charge is 2.36. The molecule has 21 heavy (non-hydrogen) atoms. The second-order valence-corrected chi connectivity index (χ2v) is 7.14. The van der Waals surface area contributed by atoms with Crippen molar-refractivity contribution in [1.82, 2.24) is 14.8 Å². The van der Waals surface area contributed by atoms with E-state index < -0.39 is 0 Å². The number of nitrogens with two attached hydrogens (primary N) is 1. The van der Waals surface area contributed by atoms with Crippen molar-refractivity contribution in [2.45, 2.75) is 61.2 Å². The van der Waals surface area contributed by atoms with Crippen LogP contribution in [0.5, 0.6) is 0 Å². The summed E-state index contributed by atoms with van der Waals surface area (Å²) in [6.45, 7) is 2.67. The molecule has 1 aromatic carbocycles. The van der Waals surface area contributed by atoms with Gasteiger partial charge in [0.1, 0.15) is 5.82 Å². The molecule has 4 nitrogen and oxygen atoms in total. The molecule has 4 rings (SSSR count). The fourth-order valence-electron chi connectivity index (χ4n) is 2.72. The van der Waals surface area contributed by atoms with Crippen molar-refractivity contribution in [3.8, 4) is 0 Å². The van der Waals surface area contributed by atoms with Crippen molar-refractivity contribution in [3.63, 3.8) is 0 Å². The van der Waals surface area contributed by atoms with E-state index in [0.29, 0.717) is 18.5 Å². The van der Waals surface area contributed by atoms with Crippen molar-refractivity contribution >= 4 is 11.8 Å². The molecule has 0 aliphatic heterocycles. The standard InChI is InChI=1S/C16H20N4S/c1-10-2-7-14(12(8-10)9-17)21-16-19-18-15(11-3-4-11)20(16)13-5-6-13/h2,7-8,11,13H,3-6,9,17H2,1H3. The third-order valence-corrected chi connectivity index (χ3v) is 5.26. The lowest BCUT2D eigenvalue weighted by molar-refractivity contribution is 0.627. The van der Waals surface area contributed by atoms with Crippen LogP contribution in [-0.4, -0.2) is 14.8 Å². The highest BCUT2D eigenvalue weighted by molar-refractivity contribution is 7.99. The van der Waals surface area contributed by atoms with Crippen molar-refractivity contribution in [2.24, 2.45) is 5.73 Å². The molecule has 0 amide bonds. The molecule has 0 bridgehead atoms. The van der Waals surface area contributed by atoms with Crippen molar-refractivity contribution in [2.75, 3.05) is 0 Å². The number of hydrogen-bond acceptors (Lipinski definition) is 4. The van der Waals surface area contributed by atoms with E-state index in [1.54, 1.807) is 11.8 Å². The molecule has 0 atom stereocenters. The molecule has 1 aromatic heterocycles. The smallest absolute Gasteiger partial charge is 0.196 e. The maximum absolute atomic E-state index is 5.89. The summed E-state index contributed by atoms with van der Waals surface area (Å²) in [5.74, 6) is 1.86. The molecule has 2 aliphatic rings. The van der Waals surface area contributed by atoms with Gasteiger partial charge in [-0.2, -0.15) is 0 Å². The van der Waals surface area contributed by atoms with Gasteiger partial charge in [0.15, 0.2) is 5.16 Å². The third kappa shape index (κ3) is 2.60. The first-order valence-corrected chi connectivity index (χ1v) is 8.50. The lowest BCUT2D eigenvalue weighted by atomic mass is 10.1. The predicted octanol–water partition coefficient (Wildman–Crippen LogP) is 3.41. The van der Waals surface area contributed by atoms with Crippen molar-refractivity contribution < 1.29 is 0 Å². The Morgan fingerprint density at radius 1 is 1.24 bits per heavy atom. The minimum atomic E-state index is 0.567. The van der Waals surface area contributed by atoms with Gasteiger partial charge in [0.25, 0.3) is 0 Å². The van der Waals surface area contributed by atoms with Crippen LogP contribution in [0.25, 0.3) is 0 Å². The summed E-state index contributed by atoms with van der Waals surface area (Å²) in [4.78, 5) is 1.21. The molecule has 0 spiro atoms. The van der Waals surface area contributed by atoms with Crippen LogP contribution in [0.2, 0.25) is 0 Å². The highest BCUT2D eigenvalue weighted by atomic mass is 32.2. The van der Waals surface area contributed by atoms with E-state index >= 15 is 0 Å². The van der Waals surface area contributed by atoms with Gasteiger partial charge in [-0.1, -0.05) is 17.7 Å². The first kappa shape index (κ1) is 13.3. The first-order valence-electron chi connectivity index (χ1n) is 7.68. The minimum Gasteiger partial charge on any atom is -0.326 e. The van der Waals surface area contributed by atoms with E-state index in [2.05, 4.69) is 39.9 Å². The number of nitrogens with zero attached hydrogens (tertiary/aromatic N) is 3. The SMILES string of the molecule is Cc1ccc(Sc2nnc(C3CC3)n2C2CC2)c(CN)c1. The fourth-order valence-corrected chi connectivity index (χ4v) is 3.75. The first-order chi connectivity index (χ1) is 10.3. The zero-order chi connectivity index (χ0) is 14.4. The van der Waals surface area contributed by atoms with Gasteiger partial charge in [0.05, 0.1) is 0 Å². The van der Waals surface area contributed by atoms with Gasteiger partial charge in [-0.3, -0.25) is 0 Å². The van der Waals surface area contributed by atoms with E-state index in [1.165, 1.54) is 47.5 Å². The summed E-state index contributed by atoms with van der Waals surface area (Å²) in [7, 11) is 0. The van der Waals surface area contributed by atoms with E-state index in [1.807, 2.05) is 0 Å². The van der Waals surface area contributed by atoms with E-state index in [-0.39, 0.29) is 0 Å². The van der Waals surface area contributed by atoms with Gasteiger partial charge in [0, 0.05) is 23.4 Å². The van der Waals surface area contributed by atoms with Crippen LogP contribution in [0, 0.1) is 6.92 Å². The Hall–Kier alpha value is -1.33. The highest BCUT2D eigenvalue weighted by Crippen LogP contribution is 2.46. The van der Waals surface area contributed by atoms with Gasteiger partial charge in [0.2, 0.25) is 0 Å². The normalized spacial score (nSPS) is 18.2. The molecule has 0 saturated heterocycles. The van der Waals surface area contributed by atoms with Crippen LogP contribution in [0.3, 0.4) is 0 Å². The molecule has 2 N–H and O–H groups in total. The Kier molecular flexibility index (Phi) is 3.27. The molecule has 0 unspecified atom stereocenters. The van der Waals surface area contributed by atoms with Gasteiger partial charge < -0.3 is 10.3 Å². The van der Waals surface area contributed by atoms with Crippen LogP contribution in [0.4, 0.5) is 0 Å². The van der Waals surface area contributed by atoms with Gasteiger partial charge in [-0.15, -0.1) is 10.2 Å². The van der Waals surface area contributed by atoms with Crippen molar-refractivity contribution in [1.29, 1.82) is 0 Å². The minimum absolute atomic E-state index is 0.567. The maximum Gasteiger partial charge on any atom is 0.196 e. The summed E-state index contributed by atoms with van der Waals surface area (Å²) in [6, 6.07) is 7.10. The lowest BCUT2D eigenvalue weighted by Gasteiger charge is -2.10. The molecule has 2 saturated carbocycles. The molecular formula is C16H20N4S. The molecular weight excluding hydrogens is 280 g/mol. The molecule has 110 valence electrons. The van der Waals surface area contributed by atoms with Crippen LogP contribution < -0.4 is 5.73 Å². The third-order valence-electron chi connectivity index (χ3n) is 4.18. The van der Waals surface area contributed by atoms with Crippen LogP contribution in [0.15, 0.2) is 28.3 Å². The Balaban J connectivity index is 1.68. The Morgan fingerprint density at radius 2 is 2.05 bits per heavy atom. The molecule has 0 radical (unpaired) electrons. The number of aryl methyl sites for hydroxylation is 1. The molecule has 2 fully saturated rings. The largest absolute Gasteiger partial charge is 0.326 e. The number of rotatable bonds is 5. The quantitative estimate of drug-likeness (QED) is 0.919. The predicted molar refractivity (Wildman–Crippen MR) is 83.5 cm³/mol. The van der Waals surface area contributed by atoms with Gasteiger partial charge in [-0.25, -0.2) is 0 Å². The molecule has 5 heteroatoms. The van der Waals surface area contributed by atoms with Crippen LogP contribution in [-0.2, 0) is 6.54 Å². The molecule has 1 heterocycles. The Labute approximate surface area is 129 Å². The number of benzene rings is 1. The maximum atomic E-state index is 5.89. The van der Waals surface area contributed by atoms with Crippen LogP contribution in [0.1, 0.15) is 54.6 Å². The molecule has 2 aliphatic carbocycles. The van der Waals surface area contributed by atoms with E-state index in [9.17, 15) is 0 Å². The summed E-state index contributed by atoms with van der Waals surface area (Å²) in [5, 5.41) is 9.98. The number of hydrogen-bond donors (Lipinski definition) is 1. The van der Waals surface area contributed by atoms with E-state index in [4.69, 9.17) is 5.73 Å². The Morgan fingerprint density at radius 3 is 2.71 bits per heavy atom. The fraction of sp³-hybridized carbons (Fsp3) is 0.500. The Bertz CT molecular complexity index is 671. The van der Waals surface area contributed by atoms with Gasteiger partial charge in [-0.05, 0) is 56.0 Å². The van der Waals surface area contributed by atoms with Crippen LogP contribution >= 0.6 is 11.8 Å². The average Bonchev–Trinajstić information content (AvgIpc) is 3.40. The second kappa shape index (κ2) is 5.14. The average molecular weight is 300 g/mol. The second-order valence-electron chi connectivity index (χ2n) is 6.13. The number of aromatic nitrogens is 3. The zero-order valence-corrected chi connectivity index (χ0v) is 13.1. The molecule has 2 aromatic rings. The van der Waals surface area contributed by atoms with Gasteiger partial charge >= 0.3 is 0 Å². The van der Waals surface area contributed by atoms with Crippen molar-refractivity contribution in [3.05, 3.63) is 35.2 Å². The summed E-state index contributed by atoms with van der Waals surface area (Å²) >= 11 is 1.72. The van der Waals surface area contributed by atoms with E-state index in [0.717, 1.165) is 5.16 Å². The topological polar surface area (TPSA) is 56.7 Å². The summed E-state index contributed by atoms with van der Waals surface area (Å²) < 4.78 is 2.39. The zero-order valence-electron chi connectivity index (χ0n) is 12.2. The lowest BCUT2D eigenvalue weighted by Crippen LogP contribution is -2.03. The summed E-state index contributed by atoms with van der Waals surface area (Å²) in [6.07, 6.45) is 5.08. The summed E-state index contributed by atoms with van der Waals surface area (Å²) in [5.41, 5.74) is 8.34. The monoisotopic (exact) mass is 300 g/mol.